The van der Waals surface area contributed by atoms with Crippen molar-refractivity contribution in [3.05, 3.63) is 110 Å². The Balaban J connectivity index is 1.90. The third-order valence-electron chi connectivity index (χ3n) is 5.65. The minimum atomic E-state index is -0.737. The van der Waals surface area contributed by atoms with Crippen LogP contribution in [0.1, 0.15) is 16.1 Å². The zero-order valence-electron chi connectivity index (χ0n) is 19.5. The zero-order chi connectivity index (χ0) is 25.8. The average molecular weight is 490 g/mol. The summed E-state index contributed by atoms with van der Waals surface area (Å²) in [5.74, 6) is 0.299. The van der Waals surface area contributed by atoms with E-state index in [0.29, 0.717) is 24.5 Å². The fourth-order valence-corrected chi connectivity index (χ4v) is 3.89. The number of Topliss-reactive ketones (excluding diaryl/α,β-unsaturated/α-hetero) is 1. The lowest BCUT2D eigenvalue weighted by atomic mass is 9.97. The summed E-state index contributed by atoms with van der Waals surface area (Å²) in [7, 11) is 3.71. The van der Waals surface area contributed by atoms with E-state index in [0.717, 1.165) is 12.1 Å². The number of hydrogen-bond acceptors (Lipinski definition) is 10. The van der Waals surface area contributed by atoms with E-state index in [2.05, 4.69) is 10.5 Å². The number of hydrazone groups is 1. The summed E-state index contributed by atoms with van der Waals surface area (Å²) in [5, 5.41) is 27.2. The average Bonchev–Trinajstić information content (AvgIpc) is 3.52. The molecule has 0 radical (unpaired) electrons. The minimum Gasteiger partial charge on any atom is -0.461 e. The van der Waals surface area contributed by atoms with Gasteiger partial charge in [0.1, 0.15) is 17.2 Å². The number of nitrogens with one attached hydrogen (secondary N) is 1. The van der Waals surface area contributed by atoms with Crippen LogP contribution in [0.25, 0.3) is 0 Å². The molecule has 0 saturated carbocycles. The second-order valence-electron chi connectivity index (χ2n) is 8.00. The van der Waals surface area contributed by atoms with E-state index in [1.54, 1.807) is 36.4 Å². The molecule has 1 aromatic heterocycles. The first-order valence-electron chi connectivity index (χ1n) is 10.8. The first-order valence-corrected chi connectivity index (χ1v) is 10.8. The van der Waals surface area contributed by atoms with Gasteiger partial charge >= 0.3 is 5.69 Å². The zero-order valence-corrected chi connectivity index (χ0v) is 19.5. The summed E-state index contributed by atoms with van der Waals surface area (Å²) < 4.78 is 5.39. The lowest BCUT2D eigenvalue weighted by Gasteiger charge is -2.23. The molecule has 0 amide bonds. The summed E-state index contributed by atoms with van der Waals surface area (Å²) in [4.78, 5) is 38.8. The number of benzene rings is 2. The standard InChI is InChI=1S/C24H22N6O6/c1-27-12-13-28(2)24(27)21(23(31)20-9-6-14-36-20)22(16-7-4-3-5-8-16)26-25-18-11-10-17(29(32)33)15-19(18)30(34)35/h3-11,14-15,25H,12-13H2,1-2H3/b26-22+. The molecule has 0 unspecified atom stereocenters. The van der Waals surface area contributed by atoms with Gasteiger partial charge in [0.15, 0.2) is 5.76 Å². The Bertz CT molecular complexity index is 1350. The Kier molecular flexibility index (Phi) is 6.77. The lowest BCUT2D eigenvalue weighted by Crippen LogP contribution is -2.27. The third kappa shape index (κ3) is 4.78. The van der Waals surface area contributed by atoms with Gasteiger partial charge < -0.3 is 14.2 Å². The van der Waals surface area contributed by atoms with E-state index < -0.39 is 27.0 Å². The topological polar surface area (TPSA) is 147 Å². The van der Waals surface area contributed by atoms with Crippen LogP contribution in [-0.4, -0.2) is 58.3 Å². The normalized spacial score (nSPS) is 13.6. The Morgan fingerprint density at radius 2 is 1.67 bits per heavy atom. The van der Waals surface area contributed by atoms with E-state index in [4.69, 9.17) is 4.42 Å². The van der Waals surface area contributed by atoms with Crippen molar-refractivity contribution in [2.24, 2.45) is 5.10 Å². The number of nitrogens with zero attached hydrogens (tertiary/aromatic N) is 5. The highest BCUT2D eigenvalue weighted by Gasteiger charge is 2.32. The van der Waals surface area contributed by atoms with Crippen LogP contribution in [0.3, 0.4) is 0 Å². The fraction of sp³-hybridized carbons (Fsp3) is 0.167. The lowest BCUT2D eigenvalue weighted by molar-refractivity contribution is -0.393. The van der Waals surface area contributed by atoms with Gasteiger partial charge in [0.05, 0.1) is 27.7 Å². The second-order valence-corrected chi connectivity index (χ2v) is 8.00. The van der Waals surface area contributed by atoms with Crippen LogP contribution in [-0.2, 0) is 0 Å². The number of carbonyl (C=O) groups is 1. The first-order chi connectivity index (χ1) is 17.3. The van der Waals surface area contributed by atoms with Gasteiger partial charge in [-0.05, 0) is 18.2 Å². The maximum absolute atomic E-state index is 13.7. The van der Waals surface area contributed by atoms with Crippen molar-refractivity contribution >= 4 is 28.6 Å². The number of anilines is 1. The van der Waals surface area contributed by atoms with E-state index in [1.165, 1.54) is 12.3 Å². The molecule has 0 aliphatic carbocycles. The van der Waals surface area contributed by atoms with Crippen molar-refractivity contribution in [3.63, 3.8) is 0 Å². The molecular formula is C24H22N6O6. The number of likely N-dealkylation sites (N-methyl/N-ethyl adjacent to an activating group) is 2. The first kappa shape index (κ1) is 24.1. The van der Waals surface area contributed by atoms with Crippen molar-refractivity contribution in [1.29, 1.82) is 0 Å². The number of allylic oxidation sites excluding steroid dienone is 1. The van der Waals surface area contributed by atoms with Gasteiger partial charge in [-0.1, -0.05) is 30.3 Å². The molecule has 1 fully saturated rings. The maximum atomic E-state index is 13.7. The Labute approximate surface area is 205 Å². The van der Waals surface area contributed by atoms with Gasteiger partial charge in [-0.25, -0.2) is 0 Å². The van der Waals surface area contributed by atoms with Gasteiger partial charge in [0, 0.05) is 38.8 Å². The molecule has 3 aromatic rings. The van der Waals surface area contributed by atoms with Crippen LogP contribution in [0.4, 0.5) is 17.1 Å². The molecule has 12 nitrogen and oxygen atoms in total. The summed E-state index contributed by atoms with van der Waals surface area (Å²) in [6.07, 6.45) is 1.40. The number of furan rings is 1. The summed E-state index contributed by atoms with van der Waals surface area (Å²) in [6.45, 7) is 1.34. The van der Waals surface area contributed by atoms with Crippen molar-refractivity contribution in [1.82, 2.24) is 9.80 Å². The van der Waals surface area contributed by atoms with Crippen LogP contribution in [0, 0.1) is 20.2 Å². The molecule has 1 aliphatic heterocycles. The monoisotopic (exact) mass is 490 g/mol. The highest BCUT2D eigenvalue weighted by molar-refractivity contribution is 6.32. The number of ketones is 1. The highest BCUT2D eigenvalue weighted by atomic mass is 16.6. The summed E-state index contributed by atoms with van der Waals surface area (Å²) in [5.41, 5.74) is 2.67. The number of rotatable bonds is 8. The van der Waals surface area contributed by atoms with Crippen LogP contribution in [0.2, 0.25) is 0 Å². The Morgan fingerprint density at radius 3 is 2.25 bits per heavy atom. The number of nitro groups is 2. The molecule has 1 N–H and O–H groups in total. The largest absolute Gasteiger partial charge is 0.461 e. The number of carbonyl (C=O) groups excluding carboxylic acids is 1. The number of nitro benzene ring substituents is 2. The second kappa shape index (κ2) is 10.1. The predicted molar refractivity (Wildman–Crippen MR) is 132 cm³/mol. The van der Waals surface area contributed by atoms with E-state index in [-0.39, 0.29) is 22.7 Å². The number of non-ortho nitro benzene ring substituents is 1. The van der Waals surface area contributed by atoms with Gasteiger partial charge in [-0.3, -0.25) is 30.4 Å². The number of hydrogen-bond donors (Lipinski definition) is 1. The van der Waals surface area contributed by atoms with Gasteiger partial charge in [-0.2, -0.15) is 5.10 Å². The molecule has 0 bridgehead atoms. The van der Waals surface area contributed by atoms with Crippen molar-refractivity contribution in [2.45, 2.75) is 0 Å². The molecule has 2 aromatic carbocycles. The fourth-order valence-electron chi connectivity index (χ4n) is 3.89. The molecule has 36 heavy (non-hydrogen) atoms. The van der Waals surface area contributed by atoms with E-state index >= 15 is 0 Å². The predicted octanol–water partition coefficient (Wildman–Crippen LogP) is 3.88. The Hall–Kier alpha value is -5.00. The quantitative estimate of drug-likeness (QED) is 0.163. The summed E-state index contributed by atoms with van der Waals surface area (Å²) in [6, 6.07) is 15.2. The smallest absolute Gasteiger partial charge is 0.301 e. The van der Waals surface area contributed by atoms with E-state index in [9.17, 15) is 25.0 Å². The molecule has 1 saturated heterocycles. The third-order valence-corrected chi connectivity index (χ3v) is 5.65. The molecule has 0 spiro atoms. The molecule has 12 heteroatoms. The van der Waals surface area contributed by atoms with Crippen LogP contribution < -0.4 is 5.43 Å². The molecular weight excluding hydrogens is 468 g/mol. The molecule has 4 rings (SSSR count). The van der Waals surface area contributed by atoms with Crippen LogP contribution in [0.15, 0.2) is 87.8 Å². The minimum absolute atomic E-state index is 0.0676. The molecule has 0 atom stereocenters. The van der Waals surface area contributed by atoms with Gasteiger partial charge in [-0.15, -0.1) is 0 Å². The van der Waals surface area contributed by atoms with Crippen molar-refractivity contribution < 1.29 is 19.1 Å². The van der Waals surface area contributed by atoms with Crippen molar-refractivity contribution in [2.75, 3.05) is 32.6 Å². The maximum Gasteiger partial charge on any atom is 0.301 e. The molecule has 184 valence electrons. The molecule has 1 aliphatic rings. The SMILES string of the molecule is CN1CCN(C)C1=C(C(=O)c1ccco1)/C(=N/Nc1ccc([N+](=O)[O-])cc1[N+](=O)[O-])c1ccccc1. The summed E-state index contributed by atoms with van der Waals surface area (Å²) >= 11 is 0. The Morgan fingerprint density at radius 1 is 0.972 bits per heavy atom. The molecule has 2 heterocycles. The van der Waals surface area contributed by atoms with Crippen molar-refractivity contribution in [3.8, 4) is 0 Å². The van der Waals surface area contributed by atoms with Crippen LogP contribution >= 0.6 is 0 Å². The van der Waals surface area contributed by atoms with Gasteiger partial charge in [0.25, 0.3) is 5.69 Å². The van der Waals surface area contributed by atoms with E-state index in [1.807, 2.05) is 30.0 Å². The highest BCUT2D eigenvalue weighted by Crippen LogP contribution is 2.30. The van der Waals surface area contributed by atoms with Crippen LogP contribution in [0.5, 0.6) is 0 Å². The van der Waals surface area contributed by atoms with Gasteiger partial charge in [0.2, 0.25) is 5.78 Å².